The van der Waals surface area contributed by atoms with Gasteiger partial charge in [-0.2, -0.15) is 4.52 Å². The van der Waals surface area contributed by atoms with Crippen LogP contribution in [0.5, 0.6) is 0 Å². The van der Waals surface area contributed by atoms with Crippen LogP contribution in [0.4, 0.5) is 0 Å². The lowest BCUT2D eigenvalue weighted by Gasteiger charge is -1.96. The largest absolute Gasteiger partial charge is 0.750 e. The van der Waals surface area contributed by atoms with Crippen molar-refractivity contribution < 1.29 is 18.7 Å². The average molecular weight is 213 g/mol. The zero-order valence-corrected chi connectivity index (χ0v) is 8.48. The van der Waals surface area contributed by atoms with Crippen molar-refractivity contribution in [2.45, 2.75) is 0 Å². The molecule has 1 unspecified atom stereocenters. The minimum absolute atomic E-state index is 0.0137. The molecule has 0 fully saturated rings. The Morgan fingerprint density at radius 3 is 2.57 bits per heavy atom. The van der Waals surface area contributed by atoms with E-state index in [-0.39, 0.29) is 5.95 Å². The molecule has 0 aliphatic carbocycles. The molecule has 4 nitrogen and oxygen atoms in total. The summed E-state index contributed by atoms with van der Waals surface area (Å²) >= 11 is 0. The topological polar surface area (TPSA) is 55.8 Å². The summed E-state index contributed by atoms with van der Waals surface area (Å²) in [5, 5.41) is 0. The van der Waals surface area contributed by atoms with E-state index in [0.717, 1.165) is 5.56 Å². The molecule has 0 amide bonds. The zero-order valence-electron chi connectivity index (χ0n) is 7.58. The number of hydrogen-bond acceptors (Lipinski definition) is 3. The second kappa shape index (κ2) is 5.37. The van der Waals surface area contributed by atoms with E-state index in [2.05, 4.69) is 4.52 Å². The summed E-state index contributed by atoms with van der Waals surface area (Å²) in [5.74, 6) is 0.0137. The Balaban J connectivity index is 2.78. The van der Waals surface area contributed by atoms with Crippen LogP contribution in [-0.4, -0.2) is 12.0 Å². The Morgan fingerprint density at radius 1 is 1.43 bits per heavy atom. The Kier molecular flexibility index (Phi) is 4.11. The molecule has 0 aliphatic rings. The smallest absolute Gasteiger partial charge is 0.465 e. The highest BCUT2D eigenvalue weighted by Gasteiger charge is 2.17. The lowest BCUT2D eigenvalue weighted by Crippen LogP contribution is -1.87. The molecule has 0 radical (unpaired) electrons. The number of hydrogen-bond donors (Lipinski definition) is 1. The van der Waals surface area contributed by atoms with Crippen molar-refractivity contribution >= 4 is 14.3 Å². The van der Waals surface area contributed by atoms with Gasteiger partial charge in [-0.15, -0.1) is 4.89 Å². The van der Waals surface area contributed by atoms with Gasteiger partial charge in [0.1, 0.15) is 0 Å². The SMILES string of the molecule is COC(=Cc1ccccc1)O[P+](=O)O. The van der Waals surface area contributed by atoms with Gasteiger partial charge in [0.05, 0.1) is 7.11 Å². The first-order valence-corrected chi connectivity index (χ1v) is 5.00. The van der Waals surface area contributed by atoms with Gasteiger partial charge in [-0.1, -0.05) is 30.3 Å². The molecule has 0 saturated carbocycles. The second-order valence-electron chi connectivity index (χ2n) is 2.41. The molecular weight excluding hydrogens is 203 g/mol. The number of methoxy groups -OCH3 is 1. The van der Waals surface area contributed by atoms with E-state index in [1.54, 1.807) is 0 Å². The minimum atomic E-state index is -2.69. The summed E-state index contributed by atoms with van der Waals surface area (Å²) in [5.41, 5.74) is 0.834. The van der Waals surface area contributed by atoms with Crippen LogP contribution in [0.1, 0.15) is 5.56 Å². The molecule has 14 heavy (non-hydrogen) atoms. The molecule has 0 saturated heterocycles. The number of rotatable bonds is 4. The third-order valence-electron chi connectivity index (χ3n) is 1.45. The van der Waals surface area contributed by atoms with Gasteiger partial charge in [0.25, 0.3) is 0 Å². The number of ether oxygens (including phenoxy) is 1. The van der Waals surface area contributed by atoms with Gasteiger partial charge < -0.3 is 4.74 Å². The lowest BCUT2D eigenvalue weighted by atomic mass is 10.2. The molecule has 1 aromatic carbocycles. The molecule has 0 heterocycles. The summed E-state index contributed by atoms with van der Waals surface area (Å²) in [7, 11) is -1.32. The summed E-state index contributed by atoms with van der Waals surface area (Å²) in [6, 6.07) is 9.22. The predicted molar refractivity (Wildman–Crippen MR) is 52.3 cm³/mol. The molecule has 74 valence electrons. The first-order valence-electron chi connectivity index (χ1n) is 3.87. The fourth-order valence-corrected chi connectivity index (χ4v) is 1.17. The molecule has 5 heteroatoms. The first kappa shape index (κ1) is 10.7. The number of benzene rings is 1. The Morgan fingerprint density at radius 2 is 2.07 bits per heavy atom. The maximum Gasteiger partial charge on any atom is 0.750 e. The van der Waals surface area contributed by atoms with Crippen molar-refractivity contribution in [2.75, 3.05) is 7.11 Å². The average Bonchev–Trinajstić information content (AvgIpc) is 2.17. The van der Waals surface area contributed by atoms with Crippen LogP contribution < -0.4 is 0 Å². The van der Waals surface area contributed by atoms with Crippen molar-refractivity contribution in [2.24, 2.45) is 0 Å². The Bertz CT molecular complexity index is 334. The highest BCUT2D eigenvalue weighted by molar-refractivity contribution is 7.32. The van der Waals surface area contributed by atoms with Crippen molar-refractivity contribution in [1.82, 2.24) is 0 Å². The van der Waals surface area contributed by atoms with Gasteiger partial charge >= 0.3 is 14.2 Å². The molecule has 0 aliphatic heterocycles. The maximum absolute atomic E-state index is 10.4. The summed E-state index contributed by atoms with van der Waals surface area (Å²) in [4.78, 5) is 8.50. The van der Waals surface area contributed by atoms with Crippen LogP contribution in [0.25, 0.3) is 6.08 Å². The summed E-state index contributed by atoms with van der Waals surface area (Å²) in [6.07, 6.45) is 1.53. The van der Waals surface area contributed by atoms with E-state index < -0.39 is 8.25 Å². The van der Waals surface area contributed by atoms with Gasteiger partial charge in [-0.3, -0.25) is 0 Å². The highest BCUT2D eigenvalue weighted by Crippen LogP contribution is 2.22. The molecule has 1 rings (SSSR count). The summed E-state index contributed by atoms with van der Waals surface area (Å²) in [6.45, 7) is 0. The zero-order chi connectivity index (χ0) is 10.4. The van der Waals surface area contributed by atoms with Gasteiger partial charge in [0, 0.05) is 10.6 Å². The van der Waals surface area contributed by atoms with E-state index in [1.807, 2.05) is 30.3 Å². The van der Waals surface area contributed by atoms with E-state index in [1.165, 1.54) is 13.2 Å². The van der Waals surface area contributed by atoms with Crippen molar-refractivity contribution in [3.8, 4) is 0 Å². The third-order valence-corrected chi connectivity index (χ3v) is 1.79. The normalized spacial score (nSPS) is 12.1. The predicted octanol–water partition coefficient (Wildman–Crippen LogP) is 2.30. The molecule has 1 aromatic rings. The standard InChI is InChI=1S/C9H9O4P/c1-12-9(13-14(10)11)7-8-5-3-2-4-6-8/h2-7H,1H3/p+1. The van der Waals surface area contributed by atoms with Crippen LogP contribution in [0.2, 0.25) is 0 Å². The van der Waals surface area contributed by atoms with E-state index in [4.69, 9.17) is 9.63 Å². The molecular formula is C9H10O4P+. The van der Waals surface area contributed by atoms with Crippen LogP contribution in [0, 0.1) is 0 Å². The molecule has 0 aromatic heterocycles. The molecule has 1 atom stereocenters. The lowest BCUT2D eigenvalue weighted by molar-refractivity contribution is 0.151. The van der Waals surface area contributed by atoms with Gasteiger partial charge in [-0.25, -0.2) is 0 Å². The van der Waals surface area contributed by atoms with Crippen molar-refractivity contribution in [1.29, 1.82) is 0 Å². The first-order chi connectivity index (χ1) is 6.72. The van der Waals surface area contributed by atoms with Crippen LogP contribution in [0.3, 0.4) is 0 Å². The molecule has 0 bridgehead atoms. The van der Waals surface area contributed by atoms with Crippen LogP contribution in [-0.2, 0) is 13.8 Å². The third kappa shape index (κ3) is 3.56. The van der Waals surface area contributed by atoms with Crippen LogP contribution in [0.15, 0.2) is 36.3 Å². The monoisotopic (exact) mass is 213 g/mol. The van der Waals surface area contributed by atoms with E-state index in [9.17, 15) is 4.57 Å². The highest BCUT2D eigenvalue weighted by atomic mass is 31.1. The quantitative estimate of drug-likeness (QED) is 0.615. The van der Waals surface area contributed by atoms with E-state index in [0.29, 0.717) is 0 Å². The summed E-state index contributed by atoms with van der Waals surface area (Å²) < 4.78 is 19.6. The molecule has 1 N–H and O–H groups in total. The minimum Gasteiger partial charge on any atom is -0.465 e. The van der Waals surface area contributed by atoms with Gasteiger partial charge in [0.15, 0.2) is 0 Å². The van der Waals surface area contributed by atoms with Crippen molar-refractivity contribution in [3.05, 3.63) is 41.8 Å². The Hall–Kier alpha value is -1.38. The van der Waals surface area contributed by atoms with Crippen molar-refractivity contribution in [3.63, 3.8) is 0 Å². The fourth-order valence-electron chi connectivity index (χ4n) is 0.885. The van der Waals surface area contributed by atoms with Gasteiger partial charge in [0.2, 0.25) is 0 Å². The molecule has 0 spiro atoms. The van der Waals surface area contributed by atoms with E-state index >= 15 is 0 Å². The fraction of sp³-hybridized carbons (Fsp3) is 0.111. The Labute approximate surface area is 82.7 Å². The van der Waals surface area contributed by atoms with Crippen LogP contribution >= 0.6 is 8.25 Å². The maximum atomic E-state index is 10.4. The van der Waals surface area contributed by atoms with Gasteiger partial charge in [-0.05, 0) is 5.56 Å². The second-order valence-corrected chi connectivity index (χ2v) is 3.07.